The lowest BCUT2D eigenvalue weighted by atomic mass is 10.3. The van der Waals surface area contributed by atoms with Crippen molar-refractivity contribution < 1.29 is 0 Å². The molecule has 9 heteroatoms. The lowest BCUT2D eigenvalue weighted by Gasteiger charge is -1.99. The highest BCUT2D eigenvalue weighted by molar-refractivity contribution is 8.00. The van der Waals surface area contributed by atoms with E-state index in [1.165, 1.54) is 23.1 Å². The topological polar surface area (TPSA) is 102 Å². The molecule has 0 aromatic carbocycles. The molecule has 0 fully saturated rings. The second kappa shape index (κ2) is 5.96. The largest absolute Gasteiger partial charge is 0.326 e. The molecule has 3 aromatic rings. The van der Waals surface area contributed by atoms with Crippen LogP contribution in [-0.2, 0) is 5.75 Å². The number of aromatic nitrogens is 3. The summed E-state index contributed by atoms with van der Waals surface area (Å²) in [5, 5.41) is 9.71. The van der Waals surface area contributed by atoms with Crippen LogP contribution in [0, 0.1) is 11.3 Å². The predicted octanol–water partition coefficient (Wildman–Crippen LogP) is 2.49. The summed E-state index contributed by atoms with van der Waals surface area (Å²) in [6.45, 7) is 0. The maximum Gasteiger partial charge on any atom is 0.326 e. The van der Waals surface area contributed by atoms with Crippen LogP contribution in [0.1, 0.15) is 11.1 Å². The smallest absolute Gasteiger partial charge is 0.305 e. The molecule has 0 unspecified atom stereocenters. The van der Waals surface area contributed by atoms with Crippen LogP contribution in [-0.4, -0.2) is 15.0 Å². The Labute approximate surface area is 136 Å². The maximum absolute atomic E-state index is 11.8. The van der Waals surface area contributed by atoms with Crippen molar-refractivity contribution in [3.8, 4) is 6.07 Å². The molecule has 110 valence electrons. The van der Waals surface area contributed by atoms with E-state index in [9.17, 15) is 14.9 Å². The van der Waals surface area contributed by atoms with E-state index < -0.39 is 11.2 Å². The highest BCUT2D eigenvalue weighted by Gasteiger charge is 2.16. The predicted molar refractivity (Wildman–Crippen MR) is 86.6 cm³/mol. The van der Waals surface area contributed by atoms with Gasteiger partial charge in [0.1, 0.15) is 21.5 Å². The summed E-state index contributed by atoms with van der Waals surface area (Å²) in [4.78, 5) is 31.8. The summed E-state index contributed by atoms with van der Waals surface area (Å²) in [7, 11) is 0. The molecule has 3 rings (SSSR count). The SMILES string of the molecule is N#Cc1c(SCc2ccc(Cl)nc2)sc2c(=O)[nH]c(=O)[nH]c12. The van der Waals surface area contributed by atoms with Crippen LogP contribution in [0.3, 0.4) is 0 Å². The summed E-state index contributed by atoms with van der Waals surface area (Å²) in [6, 6.07) is 5.58. The van der Waals surface area contributed by atoms with Gasteiger partial charge in [-0.2, -0.15) is 5.26 Å². The molecular formula is C13H7ClN4O2S2. The first-order chi connectivity index (χ1) is 10.6. The van der Waals surface area contributed by atoms with Gasteiger partial charge >= 0.3 is 5.69 Å². The highest BCUT2D eigenvalue weighted by atomic mass is 35.5. The summed E-state index contributed by atoms with van der Waals surface area (Å²) >= 11 is 8.33. The Morgan fingerprint density at radius 2 is 2.18 bits per heavy atom. The molecule has 0 radical (unpaired) electrons. The van der Waals surface area contributed by atoms with Crippen molar-refractivity contribution >= 4 is 44.9 Å². The standard InChI is InChI=1S/C13H7ClN4O2S2/c14-8-2-1-6(4-16-8)5-21-12-7(3-15)9-10(22-12)11(19)18-13(20)17-9/h1-2,4H,5H2,(H2,17,18,19,20). The van der Waals surface area contributed by atoms with Crippen LogP contribution in [0.2, 0.25) is 5.15 Å². The Morgan fingerprint density at radius 1 is 1.36 bits per heavy atom. The van der Waals surface area contributed by atoms with Crippen molar-refractivity contribution in [2.24, 2.45) is 0 Å². The monoisotopic (exact) mass is 350 g/mol. The van der Waals surface area contributed by atoms with E-state index in [2.05, 4.69) is 15.0 Å². The van der Waals surface area contributed by atoms with E-state index in [1.807, 2.05) is 12.1 Å². The molecule has 0 bridgehead atoms. The van der Waals surface area contributed by atoms with E-state index in [0.717, 1.165) is 5.56 Å². The molecule has 0 aliphatic heterocycles. The van der Waals surface area contributed by atoms with Gasteiger partial charge in [-0.05, 0) is 11.6 Å². The Balaban J connectivity index is 1.99. The number of H-pyrrole nitrogens is 2. The number of hydrogen-bond donors (Lipinski definition) is 2. The van der Waals surface area contributed by atoms with Crippen LogP contribution in [0.4, 0.5) is 0 Å². The second-order valence-electron chi connectivity index (χ2n) is 4.27. The van der Waals surface area contributed by atoms with Crippen LogP contribution < -0.4 is 11.2 Å². The quantitative estimate of drug-likeness (QED) is 0.558. The van der Waals surface area contributed by atoms with Crippen molar-refractivity contribution in [3.05, 3.63) is 55.4 Å². The van der Waals surface area contributed by atoms with Crippen LogP contribution in [0.25, 0.3) is 10.2 Å². The van der Waals surface area contributed by atoms with Crippen molar-refractivity contribution in [2.75, 3.05) is 0 Å². The van der Waals surface area contributed by atoms with E-state index in [0.29, 0.717) is 25.4 Å². The van der Waals surface area contributed by atoms with Gasteiger partial charge in [0.2, 0.25) is 0 Å². The van der Waals surface area contributed by atoms with E-state index in [4.69, 9.17) is 11.6 Å². The van der Waals surface area contributed by atoms with Gasteiger partial charge in [-0.3, -0.25) is 9.78 Å². The summed E-state index contributed by atoms with van der Waals surface area (Å²) < 4.78 is 1.02. The lowest BCUT2D eigenvalue weighted by molar-refractivity contribution is 1.08. The summed E-state index contributed by atoms with van der Waals surface area (Å²) in [5.74, 6) is 0.577. The number of nitriles is 1. The van der Waals surface area contributed by atoms with E-state index in [1.54, 1.807) is 12.3 Å². The normalized spacial score (nSPS) is 10.7. The fourth-order valence-corrected chi connectivity index (χ4v) is 4.21. The van der Waals surface area contributed by atoms with Crippen LogP contribution in [0.15, 0.2) is 32.1 Å². The molecule has 0 amide bonds. The Morgan fingerprint density at radius 3 is 2.86 bits per heavy atom. The maximum atomic E-state index is 11.8. The number of nitrogens with one attached hydrogen (secondary N) is 2. The minimum Gasteiger partial charge on any atom is -0.305 e. The molecule has 6 nitrogen and oxygen atoms in total. The minimum atomic E-state index is -0.620. The van der Waals surface area contributed by atoms with Gasteiger partial charge in [-0.15, -0.1) is 23.1 Å². The number of hydrogen-bond acceptors (Lipinski definition) is 6. The van der Waals surface area contributed by atoms with Gasteiger partial charge in [0, 0.05) is 11.9 Å². The molecule has 3 heterocycles. The van der Waals surface area contributed by atoms with Crippen molar-refractivity contribution in [1.82, 2.24) is 15.0 Å². The third-order valence-electron chi connectivity index (χ3n) is 2.82. The van der Waals surface area contributed by atoms with Crippen molar-refractivity contribution in [2.45, 2.75) is 9.96 Å². The van der Waals surface area contributed by atoms with E-state index >= 15 is 0 Å². The number of rotatable bonds is 3. The molecule has 0 saturated carbocycles. The molecular weight excluding hydrogens is 344 g/mol. The number of halogens is 1. The van der Waals surface area contributed by atoms with Crippen molar-refractivity contribution in [3.63, 3.8) is 0 Å². The molecule has 0 saturated heterocycles. The third kappa shape index (κ3) is 2.78. The van der Waals surface area contributed by atoms with Crippen LogP contribution >= 0.6 is 34.7 Å². The first-order valence-electron chi connectivity index (χ1n) is 6.01. The molecule has 0 aliphatic carbocycles. The molecule has 2 N–H and O–H groups in total. The molecule has 22 heavy (non-hydrogen) atoms. The van der Waals surface area contributed by atoms with Crippen LogP contribution in [0.5, 0.6) is 0 Å². The summed E-state index contributed by atoms with van der Waals surface area (Å²) in [5.41, 5.74) is 0.441. The third-order valence-corrected chi connectivity index (χ3v) is 5.57. The lowest BCUT2D eigenvalue weighted by Crippen LogP contribution is -2.20. The average molecular weight is 351 g/mol. The fourth-order valence-electron chi connectivity index (χ4n) is 1.84. The number of thioether (sulfide) groups is 1. The summed E-state index contributed by atoms with van der Waals surface area (Å²) in [6.07, 6.45) is 1.66. The Kier molecular flexibility index (Phi) is 4.02. The van der Waals surface area contributed by atoms with Gasteiger partial charge in [-0.1, -0.05) is 17.7 Å². The second-order valence-corrected chi connectivity index (χ2v) is 6.92. The Bertz CT molecular complexity index is 998. The average Bonchev–Trinajstić information content (AvgIpc) is 2.84. The highest BCUT2D eigenvalue weighted by Crippen LogP contribution is 2.36. The van der Waals surface area contributed by atoms with Gasteiger partial charge in [0.05, 0.1) is 9.73 Å². The number of thiophene rings is 1. The Hall–Kier alpha value is -2.08. The molecule has 0 spiro atoms. The minimum absolute atomic E-state index is 0.290. The van der Waals surface area contributed by atoms with Gasteiger partial charge in [-0.25, -0.2) is 9.78 Å². The van der Waals surface area contributed by atoms with E-state index in [-0.39, 0.29) is 5.52 Å². The zero-order valence-electron chi connectivity index (χ0n) is 10.8. The first kappa shape index (κ1) is 14.8. The van der Waals surface area contributed by atoms with Gasteiger partial charge < -0.3 is 4.98 Å². The number of fused-ring (bicyclic) bond motifs is 1. The van der Waals surface area contributed by atoms with Gasteiger partial charge in [0.15, 0.2) is 0 Å². The molecule has 3 aromatic heterocycles. The van der Waals surface area contributed by atoms with Crippen molar-refractivity contribution in [1.29, 1.82) is 5.26 Å². The molecule has 0 aliphatic rings. The first-order valence-corrected chi connectivity index (χ1v) is 8.19. The number of aromatic amines is 2. The molecule has 0 atom stereocenters. The zero-order valence-corrected chi connectivity index (χ0v) is 13.2. The number of nitrogens with zero attached hydrogens (tertiary/aromatic N) is 2. The fraction of sp³-hybridized carbons (Fsp3) is 0.0769. The number of pyridine rings is 1. The van der Waals surface area contributed by atoms with Gasteiger partial charge in [0.25, 0.3) is 5.56 Å². The zero-order chi connectivity index (χ0) is 15.7.